The summed E-state index contributed by atoms with van der Waals surface area (Å²) in [5.41, 5.74) is -0.426. The van der Waals surface area contributed by atoms with Crippen LogP contribution in [0.5, 0.6) is 0 Å². The molecule has 0 N–H and O–H groups in total. The molecule has 0 atom stereocenters. The lowest BCUT2D eigenvalue weighted by Crippen LogP contribution is -2.46. The Bertz CT molecular complexity index is 820. The zero-order valence-corrected chi connectivity index (χ0v) is 15.9. The molecule has 0 bridgehead atoms. The Labute approximate surface area is 145 Å². The smallest absolute Gasteiger partial charge is 0.331 e. The summed E-state index contributed by atoms with van der Waals surface area (Å²) in [4.78, 5) is 32.0. The van der Waals surface area contributed by atoms with Gasteiger partial charge >= 0.3 is 5.97 Å². The van der Waals surface area contributed by atoms with Gasteiger partial charge in [-0.2, -0.15) is 0 Å². The number of hydrogen-bond donors (Lipinski definition) is 0. The van der Waals surface area contributed by atoms with Crippen LogP contribution in [0.4, 0.5) is 0 Å². The van der Waals surface area contributed by atoms with Crippen molar-refractivity contribution in [2.24, 2.45) is 0 Å². The fraction of sp³-hybridized carbons (Fsp3) is 0.588. The van der Waals surface area contributed by atoms with Crippen molar-refractivity contribution in [3.63, 3.8) is 0 Å². The number of aromatic nitrogens is 2. The molecule has 0 saturated carbocycles. The van der Waals surface area contributed by atoms with E-state index in [1.165, 1.54) is 15.9 Å². The van der Waals surface area contributed by atoms with E-state index in [4.69, 9.17) is 9.47 Å². The van der Waals surface area contributed by atoms with Gasteiger partial charge in [0, 0.05) is 18.4 Å². The normalized spacial score (nSPS) is 11.9. The molecule has 0 aliphatic rings. The maximum atomic E-state index is 13.2. The van der Waals surface area contributed by atoms with Crippen LogP contribution in [0.1, 0.15) is 37.0 Å². The van der Waals surface area contributed by atoms with Gasteiger partial charge < -0.3 is 9.47 Å². The van der Waals surface area contributed by atoms with Crippen LogP contribution in [0.3, 0.4) is 0 Å². The first kappa shape index (κ1) is 18.6. The van der Waals surface area contributed by atoms with Crippen molar-refractivity contribution in [1.82, 2.24) is 9.55 Å². The van der Waals surface area contributed by atoms with Crippen LogP contribution < -0.4 is 5.56 Å². The van der Waals surface area contributed by atoms with Crippen molar-refractivity contribution < 1.29 is 14.3 Å². The van der Waals surface area contributed by atoms with E-state index in [1.807, 2.05) is 13.8 Å². The van der Waals surface area contributed by atoms with Crippen LogP contribution in [0.2, 0.25) is 0 Å². The largest absolute Gasteiger partial charge is 0.464 e. The van der Waals surface area contributed by atoms with E-state index in [1.54, 1.807) is 27.9 Å². The van der Waals surface area contributed by atoms with Crippen molar-refractivity contribution >= 4 is 27.5 Å². The molecular weight excluding hydrogens is 328 g/mol. The summed E-state index contributed by atoms with van der Waals surface area (Å²) in [5.74, 6) is 0.0881. The fourth-order valence-electron chi connectivity index (χ4n) is 2.67. The number of carbonyl (C=O) groups excluding carboxylic acids is 1. The number of fused-ring (bicyclic) bond motifs is 1. The summed E-state index contributed by atoms with van der Waals surface area (Å²) in [7, 11) is 1.59. The van der Waals surface area contributed by atoms with Crippen molar-refractivity contribution in [2.75, 3.05) is 20.3 Å². The third-order valence-corrected chi connectivity index (χ3v) is 5.24. The Hall–Kier alpha value is -1.73. The number of hydrogen-bond acceptors (Lipinski definition) is 6. The second kappa shape index (κ2) is 7.03. The third kappa shape index (κ3) is 3.10. The minimum absolute atomic E-state index is 0.203. The first-order valence-electron chi connectivity index (χ1n) is 7.93. The molecule has 2 heterocycles. The predicted octanol–water partition coefficient (Wildman–Crippen LogP) is 2.56. The number of carbonyl (C=O) groups is 1. The Morgan fingerprint density at radius 1 is 1.33 bits per heavy atom. The van der Waals surface area contributed by atoms with Gasteiger partial charge in [-0.1, -0.05) is 0 Å². The topological polar surface area (TPSA) is 70.4 Å². The molecule has 0 aliphatic heterocycles. The minimum Gasteiger partial charge on any atom is -0.464 e. The first-order chi connectivity index (χ1) is 11.3. The summed E-state index contributed by atoms with van der Waals surface area (Å²) in [6.07, 6.45) is 0.445. The summed E-state index contributed by atoms with van der Waals surface area (Å²) in [6.45, 7) is 9.67. The number of ether oxygens (including phenoxy) is 2. The molecule has 0 radical (unpaired) electrons. The molecule has 6 nitrogen and oxygen atoms in total. The molecule has 0 fully saturated rings. The predicted molar refractivity (Wildman–Crippen MR) is 94.9 cm³/mol. The Morgan fingerprint density at radius 3 is 2.58 bits per heavy atom. The van der Waals surface area contributed by atoms with E-state index in [0.29, 0.717) is 29.1 Å². The fourth-order valence-corrected chi connectivity index (χ4v) is 3.71. The summed E-state index contributed by atoms with van der Waals surface area (Å²) < 4.78 is 11.8. The summed E-state index contributed by atoms with van der Waals surface area (Å²) in [5, 5.41) is 0.580. The zero-order chi connectivity index (χ0) is 18.1. The SMILES string of the molecule is CCOC(=O)C(C)(C)n1c(CCOC)nc2sc(C)c(C)c2c1=O. The van der Waals surface area contributed by atoms with E-state index in [2.05, 4.69) is 4.98 Å². The van der Waals surface area contributed by atoms with E-state index < -0.39 is 11.5 Å². The number of methoxy groups -OCH3 is 1. The second-order valence-electron chi connectivity index (χ2n) is 6.15. The quantitative estimate of drug-likeness (QED) is 0.747. The molecule has 0 amide bonds. The molecule has 24 heavy (non-hydrogen) atoms. The maximum Gasteiger partial charge on any atom is 0.331 e. The van der Waals surface area contributed by atoms with Gasteiger partial charge in [-0.25, -0.2) is 9.78 Å². The lowest BCUT2D eigenvalue weighted by atomic mass is 10.0. The average Bonchev–Trinajstić information content (AvgIpc) is 2.80. The van der Waals surface area contributed by atoms with E-state index >= 15 is 0 Å². The van der Waals surface area contributed by atoms with Gasteiger partial charge in [0.05, 0.1) is 18.6 Å². The van der Waals surface area contributed by atoms with Gasteiger partial charge in [-0.05, 0) is 40.2 Å². The highest BCUT2D eigenvalue weighted by molar-refractivity contribution is 7.18. The molecule has 0 unspecified atom stereocenters. The van der Waals surface area contributed by atoms with Crippen LogP contribution in [0.15, 0.2) is 4.79 Å². The standard InChI is InChI=1S/C17H24N2O4S/c1-7-23-16(21)17(4,5)19-12(8-9-22-6)18-14-13(15(19)20)10(2)11(3)24-14/h7-9H2,1-6H3. The first-order valence-corrected chi connectivity index (χ1v) is 8.75. The highest BCUT2D eigenvalue weighted by Gasteiger charge is 2.35. The molecule has 2 aromatic heterocycles. The molecule has 0 spiro atoms. The van der Waals surface area contributed by atoms with Crippen LogP contribution in [0.25, 0.3) is 10.2 Å². The van der Waals surface area contributed by atoms with Crippen molar-refractivity contribution in [2.45, 2.75) is 46.6 Å². The lowest BCUT2D eigenvalue weighted by Gasteiger charge is -2.27. The van der Waals surface area contributed by atoms with E-state index in [-0.39, 0.29) is 12.2 Å². The number of esters is 1. The van der Waals surface area contributed by atoms with Crippen LogP contribution in [0, 0.1) is 13.8 Å². The number of thiophene rings is 1. The van der Waals surface area contributed by atoms with Gasteiger partial charge in [-0.3, -0.25) is 9.36 Å². The van der Waals surface area contributed by atoms with Crippen LogP contribution in [-0.2, 0) is 26.2 Å². The van der Waals surface area contributed by atoms with Crippen LogP contribution >= 0.6 is 11.3 Å². The van der Waals surface area contributed by atoms with Gasteiger partial charge in [0.25, 0.3) is 5.56 Å². The molecular formula is C17H24N2O4S. The molecule has 0 aliphatic carbocycles. The van der Waals surface area contributed by atoms with Gasteiger partial charge in [0.15, 0.2) is 0 Å². The second-order valence-corrected chi connectivity index (χ2v) is 7.36. The number of nitrogens with zero attached hydrogens (tertiary/aromatic N) is 2. The highest BCUT2D eigenvalue weighted by atomic mass is 32.1. The Balaban J connectivity index is 2.77. The molecule has 132 valence electrons. The molecule has 2 aromatic rings. The van der Waals surface area contributed by atoms with E-state index in [0.717, 1.165) is 10.4 Å². The molecule has 0 saturated heterocycles. The van der Waals surface area contributed by atoms with Crippen molar-refractivity contribution in [1.29, 1.82) is 0 Å². The number of rotatable bonds is 6. The van der Waals surface area contributed by atoms with E-state index in [9.17, 15) is 9.59 Å². The van der Waals surface area contributed by atoms with Crippen LogP contribution in [-0.4, -0.2) is 35.8 Å². The average molecular weight is 352 g/mol. The Morgan fingerprint density at radius 2 is 2.00 bits per heavy atom. The highest BCUT2D eigenvalue weighted by Crippen LogP contribution is 2.28. The molecule has 2 rings (SSSR count). The van der Waals surface area contributed by atoms with Gasteiger partial charge in [0.1, 0.15) is 16.2 Å². The number of aryl methyl sites for hydroxylation is 2. The monoisotopic (exact) mass is 352 g/mol. The van der Waals surface area contributed by atoms with Gasteiger partial charge in [-0.15, -0.1) is 11.3 Å². The lowest BCUT2D eigenvalue weighted by molar-refractivity contribution is -0.152. The molecule has 7 heteroatoms. The maximum absolute atomic E-state index is 13.2. The van der Waals surface area contributed by atoms with Crippen molar-refractivity contribution in [3.05, 3.63) is 26.6 Å². The summed E-state index contributed by atoms with van der Waals surface area (Å²) >= 11 is 1.50. The van der Waals surface area contributed by atoms with Gasteiger partial charge in [0.2, 0.25) is 0 Å². The summed E-state index contributed by atoms with van der Waals surface area (Å²) in [6, 6.07) is 0. The van der Waals surface area contributed by atoms with Crippen molar-refractivity contribution in [3.8, 4) is 0 Å². The third-order valence-electron chi connectivity index (χ3n) is 4.14. The molecule has 0 aromatic carbocycles. The minimum atomic E-state index is -1.14. The zero-order valence-electron chi connectivity index (χ0n) is 15.1. The Kier molecular flexibility index (Phi) is 5.45.